The summed E-state index contributed by atoms with van der Waals surface area (Å²) >= 11 is 0. The minimum atomic E-state index is -3.89. The van der Waals surface area contributed by atoms with E-state index in [-0.39, 0.29) is 11.3 Å². The van der Waals surface area contributed by atoms with Crippen LogP contribution in [0, 0.1) is 20.8 Å². The summed E-state index contributed by atoms with van der Waals surface area (Å²) in [4.78, 5) is 11.6. The fourth-order valence-corrected chi connectivity index (χ4v) is 4.49. The van der Waals surface area contributed by atoms with Gasteiger partial charge in [-0.2, -0.15) is 4.72 Å². The molecule has 1 unspecified atom stereocenters. The molecular weight excluding hydrogens is 290 g/mol. The maximum absolute atomic E-state index is 12.6. The Hall–Kier alpha value is -1.40. The molecule has 1 rings (SSSR count). The molecule has 0 fully saturated rings. The highest BCUT2D eigenvalue weighted by Crippen LogP contribution is 2.24. The first-order valence-corrected chi connectivity index (χ1v) is 8.37. The van der Waals surface area contributed by atoms with Gasteiger partial charge in [0.2, 0.25) is 10.0 Å². The maximum Gasteiger partial charge on any atom is 0.324 e. The van der Waals surface area contributed by atoms with E-state index < -0.39 is 21.5 Å². The van der Waals surface area contributed by atoms with Crippen LogP contribution < -0.4 is 4.72 Å². The number of sulfonamides is 1. The second-order valence-corrected chi connectivity index (χ2v) is 7.34. The van der Waals surface area contributed by atoms with Crippen molar-refractivity contribution in [2.75, 3.05) is 0 Å². The summed E-state index contributed by atoms with van der Waals surface area (Å²) in [6.45, 7) is 8.54. The molecule has 0 heterocycles. The second kappa shape index (κ2) is 6.15. The number of rotatable bonds is 6. The van der Waals surface area contributed by atoms with Crippen LogP contribution in [-0.4, -0.2) is 25.0 Å². The Labute approximate surface area is 126 Å². The molecule has 0 radical (unpaired) electrons. The molecule has 21 heavy (non-hydrogen) atoms. The average Bonchev–Trinajstić information content (AvgIpc) is 2.25. The zero-order chi connectivity index (χ0) is 16.4. The van der Waals surface area contributed by atoms with E-state index in [1.165, 1.54) is 6.92 Å². The van der Waals surface area contributed by atoms with Gasteiger partial charge in [0.15, 0.2) is 0 Å². The molecule has 1 atom stereocenters. The molecule has 2 N–H and O–H groups in total. The Morgan fingerprint density at radius 3 is 2.10 bits per heavy atom. The molecule has 0 aliphatic carbocycles. The van der Waals surface area contributed by atoms with Crippen LogP contribution in [0.3, 0.4) is 0 Å². The maximum atomic E-state index is 12.6. The Kier molecular flexibility index (Phi) is 5.17. The molecule has 1 aromatic rings. The van der Waals surface area contributed by atoms with Gasteiger partial charge >= 0.3 is 5.97 Å². The number of benzene rings is 1. The lowest BCUT2D eigenvalue weighted by molar-refractivity contribution is -0.143. The van der Waals surface area contributed by atoms with Gasteiger partial charge in [-0.3, -0.25) is 4.79 Å². The number of carboxylic acid groups (broad SMARTS) is 1. The normalized spacial score (nSPS) is 14.7. The summed E-state index contributed by atoms with van der Waals surface area (Å²) in [5.74, 6) is -1.17. The third-order valence-electron chi connectivity index (χ3n) is 3.46. The number of aryl methyl sites for hydroxylation is 3. The minimum Gasteiger partial charge on any atom is -0.480 e. The molecule has 1 aromatic carbocycles. The predicted molar refractivity (Wildman–Crippen MR) is 81.9 cm³/mol. The van der Waals surface area contributed by atoms with Gasteiger partial charge in [-0.1, -0.05) is 31.0 Å². The number of carbonyl (C=O) groups is 1. The lowest BCUT2D eigenvalue weighted by Gasteiger charge is -2.26. The smallest absolute Gasteiger partial charge is 0.324 e. The molecule has 0 amide bonds. The van der Waals surface area contributed by atoms with E-state index in [1.54, 1.807) is 26.0 Å². The van der Waals surface area contributed by atoms with E-state index in [0.29, 0.717) is 17.5 Å². The van der Waals surface area contributed by atoms with Gasteiger partial charge in [0, 0.05) is 0 Å². The van der Waals surface area contributed by atoms with Crippen molar-refractivity contribution >= 4 is 16.0 Å². The second-order valence-electron chi connectivity index (χ2n) is 5.72. The molecular formula is C15H23NO4S. The van der Waals surface area contributed by atoms with Crippen LogP contribution >= 0.6 is 0 Å². The lowest BCUT2D eigenvalue weighted by atomic mass is 9.98. The summed E-state index contributed by atoms with van der Waals surface area (Å²) in [7, 11) is -3.89. The SMILES string of the molecule is CCCC(C)(NS(=O)(=O)c1c(C)cc(C)cc1C)C(=O)O. The molecule has 0 aromatic heterocycles. The van der Waals surface area contributed by atoms with Crippen molar-refractivity contribution in [3.63, 3.8) is 0 Å². The fraction of sp³-hybridized carbons (Fsp3) is 0.533. The zero-order valence-electron chi connectivity index (χ0n) is 13.1. The first-order chi connectivity index (χ1) is 9.53. The van der Waals surface area contributed by atoms with Crippen LogP contribution in [0.15, 0.2) is 17.0 Å². The van der Waals surface area contributed by atoms with E-state index in [1.807, 2.05) is 13.8 Å². The zero-order valence-corrected chi connectivity index (χ0v) is 14.0. The number of nitrogens with one attached hydrogen (secondary N) is 1. The van der Waals surface area contributed by atoms with Crippen LogP contribution in [0.4, 0.5) is 0 Å². The van der Waals surface area contributed by atoms with Crippen molar-refractivity contribution in [1.29, 1.82) is 0 Å². The Morgan fingerprint density at radius 1 is 1.24 bits per heavy atom. The van der Waals surface area contributed by atoms with Gasteiger partial charge < -0.3 is 5.11 Å². The van der Waals surface area contributed by atoms with Crippen LogP contribution in [-0.2, 0) is 14.8 Å². The molecule has 118 valence electrons. The lowest BCUT2D eigenvalue weighted by Crippen LogP contribution is -2.52. The van der Waals surface area contributed by atoms with E-state index in [9.17, 15) is 18.3 Å². The predicted octanol–water partition coefficient (Wildman–Crippen LogP) is 2.53. The molecule has 0 aliphatic rings. The summed E-state index contributed by atoms with van der Waals surface area (Å²) in [5.41, 5.74) is 0.698. The van der Waals surface area contributed by atoms with Gasteiger partial charge in [0.1, 0.15) is 5.54 Å². The molecule has 6 heteroatoms. The van der Waals surface area contributed by atoms with Crippen LogP contribution in [0.25, 0.3) is 0 Å². The summed E-state index contributed by atoms with van der Waals surface area (Å²) in [6.07, 6.45) is 0.794. The fourth-order valence-electron chi connectivity index (χ4n) is 2.64. The van der Waals surface area contributed by atoms with Gasteiger partial charge in [-0.15, -0.1) is 0 Å². The highest BCUT2D eigenvalue weighted by Gasteiger charge is 2.37. The Balaban J connectivity index is 3.33. The van der Waals surface area contributed by atoms with Crippen LogP contribution in [0.1, 0.15) is 43.4 Å². The van der Waals surface area contributed by atoms with Gasteiger partial charge in [0.05, 0.1) is 4.90 Å². The molecule has 0 aliphatic heterocycles. The number of hydrogen-bond donors (Lipinski definition) is 2. The number of aliphatic carboxylic acids is 1. The molecule has 0 bridgehead atoms. The third-order valence-corrected chi connectivity index (χ3v) is 5.36. The molecule has 0 saturated carbocycles. The first kappa shape index (κ1) is 17.7. The standard InChI is InChI=1S/C15H23NO4S/c1-6-7-15(5,14(17)18)16-21(19,20)13-11(3)8-10(2)9-12(13)4/h8-9,16H,6-7H2,1-5H3,(H,17,18). The average molecular weight is 313 g/mol. The molecule has 0 saturated heterocycles. The quantitative estimate of drug-likeness (QED) is 0.845. The first-order valence-electron chi connectivity index (χ1n) is 6.88. The monoisotopic (exact) mass is 313 g/mol. The van der Waals surface area contributed by atoms with E-state index in [2.05, 4.69) is 4.72 Å². The minimum absolute atomic E-state index is 0.164. The van der Waals surface area contributed by atoms with E-state index >= 15 is 0 Å². The van der Waals surface area contributed by atoms with E-state index in [0.717, 1.165) is 5.56 Å². The highest BCUT2D eigenvalue weighted by molar-refractivity contribution is 7.89. The van der Waals surface area contributed by atoms with Gasteiger partial charge in [-0.25, -0.2) is 8.42 Å². The van der Waals surface area contributed by atoms with E-state index in [4.69, 9.17) is 0 Å². The molecule has 5 nitrogen and oxygen atoms in total. The number of carboxylic acids is 1. The van der Waals surface area contributed by atoms with Crippen molar-refractivity contribution in [1.82, 2.24) is 4.72 Å². The van der Waals surface area contributed by atoms with Gasteiger partial charge in [0.25, 0.3) is 0 Å². The van der Waals surface area contributed by atoms with Crippen molar-refractivity contribution in [3.8, 4) is 0 Å². The van der Waals surface area contributed by atoms with Crippen molar-refractivity contribution in [2.45, 2.75) is 57.9 Å². The van der Waals surface area contributed by atoms with Crippen LogP contribution in [0.5, 0.6) is 0 Å². The summed E-state index contributed by atoms with van der Waals surface area (Å²) in [5, 5.41) is 9.33. The van der Waals surface area contributed by atoms with Crippen molar-refractivity contribution < 1.29 is 18.3 Å². The Bertz CT molecular complexity index is 629. The topological polar surface area (TPSA) is 83.5 Å². The van der Waals surface area contributed by atoms with Crippen molar-refractivity contribution in [3.05, 3.63) is 28.8 Å². The highest BCUT2D eigenvalue weighted by atomic mass is 32.2. The Morgan fingerprint density at radius 2 is 1.71 bits per heavy atom. The largest absolute Gasteiger partial charge is 0.480 e. The molecule has 0 spiro atoms. The van der Waals surface area contributed by atoms with Gasteiger partial charge in [-0.05, 0) is 45.2 Å². The third kappa shape index (κ3) is 3.83. The summed E-state index contributed by atoms with van der Waals surface area (Å²) in [6, 6.07) is 3.55. The summed E-state index contributed by atoms with van der Waals surface area (Å²) < 4.78 is 27.6. The van der Waals surface area contributed by atoms with Crippen LogP contribution in [0.2, 0.25) is 0 Å². The number of hydrogen-bond acceptors (Lipinski definition) is 3. The van der Waals surface area contributed by atoms with Crippen molar-refractivity contribution in [2.24, 2.45) is 0 Å².